The quantitative estimate of drug-likeness (QED) is 0.862. The molecule has 0 bridgehead atoms. The first-order valence-corrected chi connectivity index (χ1v) is 6.36. The first-order valence-electron chi connectivity index (χ1n) is 5.02. The van der Waals surface area contributed by atoms with E-state index in [4.69, 9.17) is 4.74 Å². The summed E-state index contributed by atoms with van der Waals surface area (Å²) in [6, 6.07) is 6.70. The molecule has 0 spiro atoms. The molecule has 0 amide bonds. The van der Waals surface area contributed by atoms with Crippen LogP contribution in [0, 0.1) is 0 Å². The maximum Gasteiger partial charge on any atom is 0.440 e. The van der Waals surface area contributed by atoms with Crippen LogP contribution < -0.4 is 15.5 Å². The van der Waals surface area contributed by atoms with E-state index in [1.807, 2.05) is 6.92 Å². The summed E-state index contributed by atoms with van der Waals surface area (Å²) in [5.41, 5.74) is 2.59. The standard InChI is InChI=1S/C9H12N2O5S/c1-2-7-14-9-5-3-8(4-6-9)11-10-15-17(12,13)16-11/h3-6,10H,2,7H2,1H3. The second-order valence-electron chi connectivity index (χ2n) is 3.29. The second-order valence-corrected chi connectivity index (χ2v) is 4.43. The second kappa shape index (κ2) is 4.88. The number of anilines is 1. The van der Waals surface area contributed by atoms with Crippen LogP contribution in [0.2, 0.25) is 0 Å². The number of benzene rings is 1. The van der Waals surface area contributed by atoms with Crippen LogP contribution in [0.3, 0.4) is 0 Å². The number of hydrogen-bond acceptors (Lipinski definition) is 7. The van der Waals surface area contributed by atoms with Crippen molar-refractivity contribution in [1.29, 1.82) is 0 Å². The summed E-state index contributed by atoms with van der Waals surface area (Å²) < 4.78 is 35.8. The summed E-state index contributed by atoms with van der Waals surface area (Å²) in [4.78, 5) is 0. The van der Waals surface area contributed by atoms with Crippen molar-refractivity contribution in [2.24, 2.45) is 0 Å². The van der Waals surface area contributed by atoms with Crippen LogP contribution in [-0.4, -0.2) is 15.0 Å². The van der Waals surface area contributed by atoms with Gasteiger partial charge in [0.15, 0.2) is 0 Å². The Balaban J connectivity index is 2.03. The lowest BCUT2D eigenvalue weighted by molar-refractivity contribution is 0.198. The van der Waals surface area contributed by atoms with Gasteiger partial charge in [0.2, 0.25) is 0 Å². The molecule has 1 heterocycles. The number of hydrazine groups is 1. The van der Waals surface area contributed by atoms with Gasteiger partial charge in [0.1, 0.15) is 5.75 Å². The molecule has 0 atom stereocenters. The molecule has 1 aliphatic heterocycles. The fraction of sp³-hybridized carbons (Fsp3) is 0.333. The van der Waals surface area contributed by atoms with Crippen LogP contribution in [0.1, 0.15) is 13.3 Å². The molecule has 0 unspecified atom stereocenters. The maximum atomic E-state index is 10.8. The van der Waals surface area contributed by atoms with Gasteiger partial charge in [-0.3, -0.25) is 0 Å². The van der Waals surface area contributed by atoms with Crippen LogP contribution in [0.25, 0.3) is 0 Å². The molecule has 8 heteroatoms. The van der Waals surface area contributed by atoms with Gasteiger partial charge in [-0.05, 0) is 30.7 Å². The van der Waals surface area contributed by atoms with E-state index in [2.05, 4.69) is 14.2 Å². The average molecular weight is 260 g/mol. The molecule has 7 nitrogen and oxygen atoms in total. The highest BCUT2D eigenvalue weighted by atomic mass is 32.3. The Morgan fingerprint density at radius 3 is 2.59 bits per heavy atom. The van der Waals surface area contributed by atoms with Crippen molar-refractivity contribution < 1.29 is 21.7 Å². The van der Waals surface area contributed by atoms with E-state index in [0.29, 0.717) is 18.0 Å². The highest BCUT2D eigenvalue weighted by Gasteiger charge is 2.28. The van der Waals surface area contributed by atoms with Crippen molar-refractivity contribution in [3.8, 4) is 5.75 Å². The smallest absolute Gasteiger partial charge is 0.440 e. The number of ether oxygens (including phenoxy) is 1. The summed E-state index contributed by atoms with van der Waals surface area (Å²) >= 11 is 0. The van der Waals surface area contributed by atoms with Crippen LogP contribution in [0.4, 0.5) is 5.69 Å². The molecule has 2 rings (SSSR count). The number of nitrogens with one attached hydrogen (secondary N) is 1. The van der Waals surface area contributed by atoms with Crippen molar-refractivity contribution >= 4 is 16.1 Å². The van der Waals surface area contributed by atoms with Crippen molar-refractivity contribution in [2.75, 3.05) is 11.8 Å². The van der Waals surface area contributed by atoms with Gasteiger partial charge >= 0.3 is 10.4 Å². The molecule has 0 radical (unpaired) electrons. The van der Waals surface area contributed by atoms with E-state index in [9.17, 15) is 8.42 Å². The van der Waals surface area contributed by atoms with Crippen molar-refractivity contribution in [3.05, 3.63) is 24.3 Å². The van der Waals surface area contributed by atoms with E-state index in [1.165, 1.54) is 0 Å². The van der Waals surface area contributed by atoms with E-state index >= 15 is 0 Å². The topological polar surface area (TPSA) is 77.1 Å². The Bertz CT molecular complexity index is 473. The summed E-state index contributed by atoms with van der Waals surface area (Å²) in [5, 5.41) is 0.902. The monoisotopic (exact) mass is 260 g/mol. The average Bonchev–Trinajstić information content (AvgIpc) is 2.68. The summed E-state index contributed by atoms with van der Waals surface area (Å²) in [7, 11) is -3.98. The zero-order chi connectivity index (χ0) is 12.3. The molecule has 0 aromatic heterocycles. The Labute approximate surface area is 99.1 Å². The van der Waals surface area contributed by atoms with Crippen LogP contribution in [0.15, 0.2) is 24.3 Å². The Morgan fingerprint density at radius 1 is 1.35 bits per heavy atom. The Morgan fingerprint density at radius 2 is 2.06 bits per heavy atom. The van der Waals surface area contributed by atoms with E-state index < -0.39 is 10.4 Å². The summed E-state index contributed by atoms with van der Waals surface area (Å²) in [6.07, 6.45) is 0.921. The van der Waals surface area contributed by atoms with E-state index in [0.717, 1.165) is 11.6 Å². The molecule has 0 aliphatic carbocycles. The maximum absolute atomic E-state index is 10.8. The molecule has 1 aliphatic rings. The van der Waals surface area contributed by atoms with Gasteiger partial charge in [-0.15, -0.1) is 13.7 Å². The lowest BCUT2D eigenvalue weighted by Gasteiger charge is -2.11. The lowest BCUT2D eigenvalue weighted by Crippen LogP contribution is -2.28. The minimum Gasteiger partial charge on any atom is -0.494 e. The zero-order valence-corrected chi connectivity index (χ0v) is 9.94. The highest BCUT2D eigenvalue weighted by Crippen LogP contribution is 2.22. The Hall–Kier alpha value is -1.35. The molecule has 17 heavy (non-hydrogen) atoms. The predicted molar refractivity (Wildman–Crippen MR) is 58.9 cm³/mol. The molecule has 1 aromatic rings. The van der Waals surface area contributed by atoms with Crippen LogP contribution in [0.5, 0.6) is 5.75 Å². The third-order valence-corrected chi connectivity index (χ3v) is 2.54. The van der Waals surface area contributed by atoms with Gasteiger partial charge in [-0.1, -0.05) is 12.5 Å². The lowest BCUT2D eigenvalue weighted by atomic mass is 10.3. The summed E-state index contributed by atoms with van der Waals surface area (Å²) in [6.45, 7) is 2.65. The van der Waals surface area contributed by atoms with Crippen LogP contribution in [-0.2, 0) is 19.0 Å². The van der Waals surface area contributed by atoms with E-state index in [1.54, 1.807) is 24.3 Å². The normalized spacial score (nSPS) is 18.3. The first-order chi connectivity index (χ1) is 8.11. The highest BCUT2D eigenvalue weighted by molar-refractivity contribution is 7.82. The van der Waals surface area contributed by atoms with Crippen molar-refractivity contribution in [1.82, 2.24) is 5.59 Å². The number of hydrogen-bond donors (Lipinski definition) is 1. The molecular formula is C9H12N2O5S. The van der Waals surface area contributed by atoms with Gasteiger partial charge in [0.25, 0.3) is 0 Å². The van der Waals surface area contributed by atoms with Crippen molar-refractivity contribution in [2.45, 2.75) is 13.3 Å². The molecule has 1 N–H and O–H groups in total. The number of nitrogens with zero attached hydrogens (tertiary/aromatic N) is 1. The Kier molecular flexibility index (Phi) is 3.48. The minimum absolute atomic E-state index is 0.481. The molecule has 1 aromatic carbocycles. The third-order valence-electron chi connectivity index (χ3n) is 1.93. The molecule has 1 fully saturated rings. The SMILES string of the molecule is CCCOc1ccc(N2NOS(=O)(=O)O2)cc1. The molecule has 0 saturated carbocycles. The van der Waals surface area contributed by atoms with Gasteiger partial charge in [-0.2, -0.15) is 8.42 Å². The predicted octanol–water partition coefficient (Wildman–Crippen LogP) is 0.908. The van der Waals surface area contributed by atoms with E-state index in [-0.39, 0.29) is 0 Å². The minimum atomic E-state index is -3.98. The van der Waals surface area contributed by atoms with Gasteiger partial charge in [0.05, 0.1) is 12.3 Å². The largest absolute Gasteiger partial charge is 0.494 e. The number of rotatable bonds is 4. The van der Waals surface area contributed by atoms with Gasteiger partial charge in [0, 0.05) is 0 Å². The molecule has 1 saturated heterocycles. The summed E-state index contributed by atoms with van der Waals surface area (Å²) in [5.74, 6) is 0.707. The molecule has 94 valence electrons. The van der Waals surface area contributed by atoms with Crippen LogP contribution >= 0.6 is 0 Å². The third kappa shape index (κ3) is 3.07. The first kappa shape index (κ1) is 12.1. The van der Waals surface area contributed by atoms with Gasteiger partial charge in [-0.25, -0.2) is 0 Å². The van der Waals surface area contributed by atoms with Gasteiger partial charge < -0.3 is 4.74 Å². The van der Waals surface area contributed by atoms with Crippen molar-refractivity contribution in [3.63, 3.8) is 0 Å². The fourth-order valence-electron chi connectivity index (χ4n) is 1.19. The zero-order valence-electron chi connectivity index (χ0n) is 9.12. The molecular weight excluding hydrogens is 248 g/mol. The fourth-order valence-corrected chi connectivity index (χ4v) is 1.68.